The molecule has 3 aromatic heterocycles. The van der Waals surface area contributed by atoms with Gasteiger partial charge in [-0.1, -0.05) is 18.5 Å². The number of rotatable bonds is 3. The average molecular weight is 403 g/mol. The molecule has 0 aromatic carbocycles. The van der Waals surface area contributed by atoms with Gasteiger partial charge in [-0.3, -0.25) is 9.20 Å². The highest BCUT2D eigenvalue weighted by Gasteiger charge is 2.38. The van der Waals surface area contributed by atoms with Crippen LogP contribution >= 0.6 is 22.9 Å². The minimum Gasteiger partial charge on any atom is -0.269 e. The molecule has 2 atom stereocenters. The lowest BCUT2D eigenvalue weighted by Crippen LogP contribution is -2.18. The fraction of sp³-hybridized carbons (Fsp3) is 0.438. The maximum Gasteiger partial charge on any atom is 0.435 e. The summed E-state index contributed by atoms with van der Waals surface area (Å²) in [7, 11) is 0. The third kappa shape index (κ3) is 2.92. The molecule has 5 nitrogen and oxygen atoms in total. The van der Waals surface area contributed by atoms with E-state index in [4.69, 9.17) is 11.6 Å². The number of hydrogen-bond donors (Lipinski definition) is 0. The summed E-state index contributed by atoms with van der Waals surface area (Å²) in [5, 5.41) is 3.31. The summed E-state index contributed by atoms with van der Waals surface area (Å²) in [5.74, 6) is 0.908. The predicted molar refractivity (Wildman–Crippen MR) is 91.9 cm³/mol. The molecule has 26 heavy (non-hydrogen) atoms. The van der Waals surface area contributed by atoms with Crippen LogP contribution in [0.4, 0.5) is 13.2 Å². The lowest BCUT2D eigenvalue weighted by molar-refractivity contribution is -0.141. The number of alkyl halides is 3. The summed E-state index contributed by atoms with van der Waals surface area (Å²) >= 11 is 7.26. The number of fused-ring (bicyclic) bond motifs is 1. The molecule has 0 amide bonds. The quantitative estimate of drug-likeness (QED) is 0.662. The Bertz CT molecular complexity index is 1070. The molecule has 0 N–H and O–H groups in total. The Kier molecular flexibility index (Phi) is 3.92. The number of aryl methyl sites for hydroxylation is 1. The summed E-state index contributed by atoms with van der Waals surface area (Å²) in [6.45, 7) is 3.99. The van der Waals surface area contributed by atoms with Crippen molar-refractivity contribution in [3.63, 3.8) is 0 Å². The second-order valence-electron chi connectivity index (χ2n) is 6.57. The van der Waals surface area contributed by atoms with E-state index in [2.05, 4.69) is 17.0 Å². The molecule has 3 aromatic rings. The molecule has 1 fully saturated rings. The normalized spacial score (nSPS) is 20.1. The van der Waals surface area contributed by atoms with Gasteiger partial charge in [0.25, 0.3) is 5.56 Å². The van der Waals surface area contributed by atoms with Crippen molar-refractivity contribution in [2.24, 2.45) is 5.92 Å². The third-order valence-electron chi connectivity index (χ3n) is 4.58. The second kappa shape index (κ2) is 5.82. The van der Waals surface area contributed by atoms with Gasteiger partial charge in [0.15, 0.2) is 10.7 Å². The fourth-order valence-electron chi connectivity index (χ4n) is 3.15. The van der Waals surface area contributed by atoms with E-state index in [9.17, 15) is 18.0 Å². The molecule has 1 aliphatic carbocycles. The van der Waals surface area contributed by atoms with Gasteiger partial charge >= 0.3 is 6.18 Å². The molecule has 0 radical (unpaired) electrons. The third-order valence-corrected chi connectivity index (χ3v) is 5.86. The van der Waals surface area contributed by atoms with Crippen LogP contribution in [-0.2, 0) is 12.7 Å². The van der Waals surface area contributed by atoms with Crippen LogP contribution in [0.3, 0.4) is 0 Å². The Morgan fingerprint density at radius 3 is 2.65 bits per heavy atom. The summed E-state index contributed by atoms with van der Waals surface area (Å²) in [6, 6.07) is 2.09. The maximum absolute atomic E-state index is 12.8. The highest BCUT2D eigenvalue weighted by Crippen LogP contribution is 2.49. The number of nitrogens with zero attached hydrogens (tertiary/aromatic N) is 4. The standard InChI is InChI=1S/C16H14ClF3N4OS/c1-7-3-10(7)14-8(2)26-15-21-9(4-13(25)24(14)15)6-23-12(17)5-11(22-23)16(18,19)20/h4-5,7,10H,3,6H2,1-2H3. The molecule has 0 aliphatic heterocycles. The zero-order valence-electron chi connectivity index (χ0n) is 13.8. The Morgan fingerprint density at radius 2 is 2.08 bits per heavy atom. The Labute approximate surface area is 155 Å². The topological polar surface area (TPSA) is 52.2 Å². The smallest absolute Gasteiger partial charge is 0.269 e. The molecule has 4 rings (SSSR count). The molecule has 2 unspecified atom stereocenters. The van der Waals surface area contributed by atoms with E-state index in [1.807, 2.05) is 6.92 Å². The van der Waals surface area contributed by atoms with Crippen LogP contribution in [0, 0.1) is 12.8 Å². The minimum absolute atomic E-state index is 0.104. The van der Waals surface area contributed by atoms with E-state index < -0.39 is 11.9 Å². The Balaban J connectivity index is 1.73. The maximum atomic E-state index is 12.8. The largest absolute Gasteiger partial charge is 0.435 e. The van der Waals surface area contributed by atoms with E-state index in [1.54, 1.807) is 4.40 Å². The number of thiazole rings is 1. The molecule has 10 heteroatoms. The fourth-order valence-corrected chi connectivity index (χ4v) is 4.42. The first-order valence-electron chi connectivity index (χ1n) is 7.97. The molecule has 3 heterocycles. The first-order valence-corrected chi connectivity index (χ1v) is 9.17. The Hall–Kier alpha value is -1.87. The second-order valence-corrected chi connectivity index (χ2v) is 8.14. The van der Waals surface area contributed by atoms with Gasteiger partial charge in [0, 0.05) is 28.6 Å². The summed E-state index contributed by atoms with van der Waals surface area (Å²) < 4.78 is 40.9. The van der Waals surface area contributed by atoms with Gasteiger partial charge < -0.3 is 0 Å². The van der Waals surface area contributed by atoms with Gasteiger partial charge in [-0.2, -0.15) is 18.3 Å². The van der Waals surface area contributed by atoms with Gasteiger partial charge in [0.1, 0.15) is 5.15 Å². The molecule has 138 valence electrons. The zero-order valence-corrected chi connectivity index (χ0v) is 15.4. The number of halogens is 4. The van der Waals surface area contributed by atoms with Crippen LogP contribution in [0.5, 0.6) is 0 Å². The van der Waals surface area contributed by atoms with Crippen LogP contribution in [0.25, 0.3) is 4.96 Å². The monoisotopic (exact) mass is 402 g/mol. The molecular formula is C16H14ClF3N4OS. The van der Waals surface area contributed by atoms with E-state index in [1.165, 1.54) is 17.4 Å². The summed E-state index contributed by atoms with van der Waals surface area (Å²) in [4.78, 5) is 18.6. The van der Waals surface area contributed by atoms with Crippen LogP contribution in [-0.4, -0.2) is 19.2 Å². The molecule has 0 saturated heterocycles. The van der Waals surface area contributed by atoms with Gasteiger partial charge in [-0.15, -0.1) is 11.3 Å². The zero-order chi connectivity index (χ0) is 18.8. The van der Waals surface area contributed by atoms with Crippen molar-refractivity contribution in [1.82, 2.24) is 19.2 Å². The SMILES string of the molecule is Cc1sc2nc(Cn3nc(C(F)(F)F)cc3Cl)cc(=O)n2c1C1CC1C. The van der Waals surface area contributed by atoms with Gasteiger partial charge in [-0.05, 0) is 19.3 Å². The van der Waals surface area contributed by atoms with Gasteiger partial charge in [-0.25, -0.2) is 9.67 Å². The average Bonchev–Trinajstić information content (AvgIpc) is 2.95. The highest BCUT2D eigenvalue weighted by molar-refractivity contribution is 7.17. The van der Waals surface area contributed by atoms with Crippen molar-refractivity contribution in [2.45, 2.75) is 38.9 Å². The van der Waals surface area contributed by atoms with Gasteiger partial charge in [0.05, 0.1) is 12.2 Å². The van der Waals surface area contributed by atoms with Crippen molar-refractivity contribution in [3.05, 3.63) is 49.6 Å². The first-order chi connectivity index (χ1) is 12.1. The summed E-state index contributed by atoms with van der Waals surface area (Å²) in [6.07, 6.45) is -3.53. The number of aromatic nitrogens is 4. The molecular weight excluding hydrogens is 389 g/mol. The van der Waals surface area contributed by atoms with Crippen molar-refractivity contribution >= 4 is 27.9 Å². The molecule has 0 spiro atoms. The summed E-state index contributed by atoms with van der Waals surface area (Å²) in [5.41, 5.74) is 0.0171. The van der Waals surface area contributed by atoms with E-state index in [-0.39, 0.29) is 17.3 Å². The first kappa shape index (κ1) is 17.5. The van der Waals surface area contributed by atoms with E-state index in [0.29, 0.717) is 22.5 Å². The van der Waals surface area contributed by atoms with E-state index in [0.717, 1.165) is 27.7 Å². The van der Waals surface area contributed by atoms with Crippen LogP contribution in [0.15, 0.2) is 16.9 Å². The predicted octanol–water partition coefficient (Wildman–Crippen LogP) is 4.10. The van der Waals surface area contributed by atoms with E-state index >= 15 is 0 Å². The van der Waals surface area contributed by atoms with Crippen molar-refractivity contribution in [3.8, 4) is 0 Å². The lowest BCUT2D eigenvalue weighted by atomic mass is 10.2. The molecule has 1 saturated carbocycles. The van der Waals surface area contributed by atoms with Crippen molar-refractivity contribution < 1.29 is 13.2 Å². The molecule has 1 aliphatic rings. The Morgan fingerprint density at radius 1 is 1.38 bits per heavy atom. The van der Waals surface area contributed by atoms with Gasteiger partial charge in [0.2, 0.25) is 0 Å². The number of hydrogen-bond acceptors (Lipinski definition) is 4. The van der Waals surface area contributed by atoms with Crippen LogP contribution < -0.4 is 5.56 Å². The van der Waals surface area contributed by atoms with Crippen molar-refractivity contribution in [1.29, 1.82) is 0 Å². The molecule has 0 bridgehead atoms. The van der Waals surface area contributed by atoms with Crippen LogP contribution in [0.1, 0.15) is 41.2 Å². The lowest BCUT2D eigenvalue weighted by Gasteiger charge is -2.05. The highest BCUT2D eigenvalue weighted by atomic mass is 35.5. The van der Waals surface area contributed by atoms with Crippen molar-refractivity contribution in [2.75, 3.05) is 0 Å². The van der Waals surface area contributed by atoms with Crippen LogP contribution in [0.2, 0.25) is 5.15 Å². The minimum atomic E-state index is -4.58.